The van der Waals surface area contributed by atoms with Crippen LogP contribution in [0.15, 0.2) is 28.7 Å². The van der Waals surface area contributed by atoms with E-state index in [4.69, 9.17) is 0 Å². The van der Waals surface area contributed by atoms with Gasteiger partial charge in [-0.1, -0.05) is 48.8 Å². The largest absolute Gasteiger partial charge is 0.296 e. The fourth-order valence-electron chi connectivity index (χ4n) is 2.37. The Morgan fingerprint density at radius 3 is 2.33 bits per heavy atom. The molecule has 2 rings (SSSR count). The van der Waals surface area contributed by atoms with Gasteiger partial charge in [-0.2, -0.15) is 0 Å². The van der Waals surface area contributed by atoms with Crippen LogP contribution in [0, 0.1) is 5.41 Å². The van der Waals surface area contributed by atoms with Gasteiger partial charge in [0.25, 0.3) is 5.91 Å². The summed E-state index contributed by atoms with van der Waals surface area (Å²) in [7, 11) is 0. The highest BCUT2D eigenvalue weighted by Gasteiger charge is 2.45. The van der Waals surface area contributed by atoms with E-state index in [1.54, 1.807) is 20.8 Å². The molecule has 1 aliphatic heterocycles. The molecular formula is C16H18BrNO3. The van der Waals surface area contributed by atoms with E-state index in [-0.39, 0.29) is 18.4 Å². The van der Waals surface area contributed by atoms with Crippen LogP contribution in [0.2, 0.25) is 0 Å². The number of likely N-dealkylation sites (tertiary alicyclic amines) is 1. The summed E-state index contributed by atoms with van der Waals surface area (Å²) in [6.45, 7) is 5.26. The summed E-state index contributed by atoms with van der Waals surface area (Å²) in [6, 6.07) is 7.29. The zero-order valence-electron chi connectivity index (χ0n) is 12.4. The minimum atomic E-state index is -0.682. The third kappa shape index (κ3) is 3.40. The number of carbonyl (C=O) groups excluding carboxylic acids is 3. The molecule has 0 aromatic heterocycles. The highest BCUT2D eigenvalue weighted by atomic mass is 79.9. The van der Waals surface area contributed by atoms with Gasteiger partial charge in [0, 0.05) is 16.3 Å². The summed E-state index contributed by atoms with van der Waals surface area (Å²) in [4.78, 5) is 37.3. The lowest BCUT2D eigenvalue weighted by Crippen LogP contribution is -2.46. The van der Waals surface area contributed by atoms with Crippen molar-refractivity contribution in [3.63, 3.8) is 0 Å². The number of hydrogen-bond acceptors (Lipinski definition) is 3. The molecule has 1 aliphatic rings. The normalized spacial score (nSPS) is 19.2. The van der Waals surface area contributed by atoms with Gasteiger partial charge in [-0.15, -0.1) is 0 Å². The van der Waals surface area contributed by atoms with E-state index in [1.165, 1.54) is 0 Å². The summed E-state index contributed by atoms with van der Waals surface area (Å²) < 4.78 is 0.965. The topological polar surface area (TPSA) is 54.5 Å². The molecule has 0 spiro atoms. The molecule has 1 heterocycles. The number of ketones is 1. The van der Waals surface area contributed by atoms with Crippen LogP contribution in [0.3, 0.4) is 0 Å². The minimum Gasteiger partial charge on any atom is -0.289 e. The first-order valence-electron chi connectivity index (χ1n) is 6.85. The van der Waals surface area contributed by atoms with Gasteiger partial charge in [0.1, 0.15) is 0 Å². The van der Waals surface area contributed by atoms with Crippen molar-refractivity contribution >= 4 is 33.5 Å². The summed E-state index contributed by atoms with van der Waals surface area (Å²) in [6.07, 6.45) is 0.614. The summed E-state index contributed by atoms with van der Waals surface area (Å²) in [5.41, 5.74) is 0.315. The molecule has 0 unspecified atom stereocenters. The number of rotatable bonds is 2. The van der Waals surface area contributed by atoms with E-state index < -0.39 is 17.1 Å². The zero-order chi connectivity index (χ0) is 15.8. The standard InChI is InChI=1S/C16H18BrNO3/c1-16(2,3)15(21)18-12(9-13(19)14(18)20)8-10-4-6-11(17)7-5-10/h4-7,12H,8-9H2,1-3H3/t12-/m1/s1. The number of hydrogen-bond donors (Lipinski definition) is 0. The van der Waals surface area contributed by atoms with Crippen LogP contribution >= 0.6 is 15.9 Å². The third-order valence-electron chi connectivity index (χ3n) is 3.49. The molecule has 2 amide bonds. The molecule has 1 aromatic rings. The molecule has 1 atom stereocenters. The van der Waals surface area contributed by atoms with Crippen molar-refractivity contribution in [1.29, 1.82) is 0 Å². The molecule has 0 saturated carbocycles. The monoisotopic (exact) mass is 351 g/mol. The number of halogens is 1. The molecule has 1 fully saturated rings. The second-order valence-corrected chi connectivity index (χ2v) is 7.26. The predicted molar refractivity (Wildman–Crippen MR) is 82.6 cm³/mol. The number of Topliss-reactive ketones (excluding diaryl/α,β-unsaturated/α-hetero) is 1. The highest BCUT2D eigenvalue weighted by molar-refractivity contribution is 9.10. The van der Waals surface area contributed by atoms with Crippen LogP contribution in [-0.2, 0) is 20.8 Å². The van der Waals surface area contributed by atoms with Crippen molar-refractivity contribution in [1.82, 2.24) is 4.90 Å². The second-order valence-electron chi connectivity index (χ2n) is 6.34. The van der Waals surface area contributed by atoms with E-state index in [0.717, 1.165) is 14.9 Å². The van der Waals surface area contributed by atoms with Gasteiger partial charge in [0.15, 0.2) is 0 Å². The Labute approximate surface area is 132 Å². The molecule has 1 saturated heterocycles. The molecule has 0 radical (unpaired) electrons. The fourth-order valence-corrected chi connectivity index (χ4v) is 2.63. The zero-order valence-corrected chi connectivity index (χ0v) is 13.9. The van der Waals surface area contributed by atoms with E-state index in [9.17, 15) is 14.4 Å². The highest BCUT2D eigenvalue weighted by Crippen LogP contribution is 2.27. The number of amides is 2. The average Bonchev–Trinajstić information content (AvgIpc) is 2.66. The quantitative estimate of drug-likeness (QED) is 0.769. The molecule has 5 heteroatoms. The maximum atomic E-state index is 12.4. The van der Waals surface area contributed by atoms with E-state index in [2.05, 4.69) is 15.9 Å². The summed E-state index contributed by atoms with van der Waals surface area (Å²) in [5.74, 6) is -1.44. The number of imide groups is 1. The van der Waals surface area contributed by atoms with Gasteiger partial charge >= 0.3 is 0 Å². The van der Waals surface area contributed by atoms with Crippen molar-refractivity contribution in [3.05, 3.63) is 34.3 Å². The van der Waals surface area contributed by atoms with Crippen LogP contribution in [0.25, 0.3) is 0 Å². The number of nitrogens with zero attached hydrogens (tertiary/aromatic N) is 1. The minimum absolute atomic E-state index is 0.108. The molecule has 21 heavy (non-hydrogen) atoms. The van der Waals surface area contributed by atoms with Crippen LogP contribution in [0.1, 0.15) is 32.8 Å². The fraction of sp³-hybridized carbons (Fsp3) is 0.438. The van der Waals surface area contributed by atoms with Crippen molar-refractivity contribution in [3.8, 4) is 0 Å². The van der Waals surface area contributed by atoms with Gasteiger partial charge < -0.3 is 0 Å². The van der Waals surface area contributed by atoms with E-state index >= 15 is 0 Å². The summed E-state index contributed by atoms with van der Waals surface area (Å²) in [5, 5.41) is 0. The van der Waals surface area contributed by atoms with Crippen LogP contribution in [-0.4, -0.2) is 28.5 Å². The lowest BCUT2D eigenvalue weighted by Gasteiger charge is -2.28. The van der Waals surface area contributed by atoms with Gasteiger partial charge in [-0.3, -0.25) is 19.3 Å². The van der Waals surface area contributed by atoms with Crippen LogP contribution in [0.4, 0.5) is 0 Å². The molecule has 1 aromatic carbocycles. The van der Waals surface area contributed by atoms with Crippen molar-refractivity contribution in [2.24, 2.45) is 5.41 Å². The number of benzene rings is 1. The Balaban J connectivity index is 2.24. The number of carbonyl (C=O) groups is 3. The van der Waals surface area contributed by atoms with Crippen LogP contribution < -0.4 is 0 Å². The predicted octanol–water partition coefficient (Wildman–Crippen LogP) is 2.73. The third-order valence-corrected chi connectivity index (χ3v) is 4.02. The van der Waals surface area contributed by atoms with Gasteiger partial charge in [-0.25, -0.2) is 0 Å². The van der Waals surface area contributed by atoms with E-state index in [0.29, 0.717) is 6.42 Å². The maximum Gasteiger partial charge on any atom is 0.296 e. The van der Waals surface area contributed by atoms with Gasteiger partial charge in [0.05, 0.1) is 6.04 Å². The molecular weight excluding hydrogens is 334 g/mol. The smallest absolute Gasteiger partial charge is 0.289 e. The van der Waals surface area contributed by atoms with Crippen molar-refractivity contribution in [2.45, 2.75) is 39.7 Å². The van der Waals surface area contributed by atoms with E-state index in [1.807, 2.05) is 24.3 Å². The van der Waals surface area contributed by atoms with Crippen LogP contribution in [0.5, 0.6) is 0 Å². The molecule has 0 N–H and O–H groups in total. The first kappa shape index (κ1) is 15.9. The Bertz CT molecular complexity index is 587. The average molecular weight is 352 g/mol. The van der Waals surface area contributed by atoms with Crippen molar-refractivity contribution < 1.29 is 14.4 Å². The Morgan fingerprint density at radius 1 is 1.24 bits per heavy atom. The van der Waals surface area contributed by atoms with Crippen molar-refractivity contribution in [2.75, 3.05) is 0 Å². The van der Waals surface area contributed by atoms with Gasteiger partial charge in [0.2, 0.25) is 11.7 Å². The first-order chi connectivity index (χ1) is 9.70. The second kappa shape index (κ2) is 5.72. The lowest BCUT2D eigenvalue weighted by atomic mass is 9.93. The molecule has 112 valence electrons. The SMILES string of the molecule is CC(C)(C)C(=O)N1C(=O)C(=O)C[C@H]1Cc1ccc(Br)cc1. The molecule has 0 aliphatic carbocycles. The Kier molecular flexibility index (Phi) is 4.33. The molecule has 4 nitrogen and oxygen atoms in total. The Morgan fingerprint density at radius 2 is 1.81 bits per heavy atom. The summed E-state index contributed by atoms with van der Waals surface area (Å²) >= 11 is 3.37. The maximum absolute atomic E-state index is 12.4. The van der Waals surface area contributed by atoms with Gasteiger partial charge in [-0.05, 0) is 24.1 Å². The Hall–Kier alpha value is -1.49. The first-order valence-corrected chi connectivity index (χ1v) is 7.64. The molecule has 0 bridgehead atoms. The lowest BCUT2D eigenvalue weighted by molar-refractivity contribution is -0.152.